The second kappa shape index (κ2) is 11.3. The Balaban J connectivity index is 0.000000360. The molecule has 6 heteroatoms. The van der Waals surface area contributed by atoms with Gasteiger partial charge in [-0.3, -0.25) is 0 Å². The second-order valence-electron chi connectivity index (χ2n) is 11.9. The van der Waals surface area contributed by atoms with Crippen molar-refractivity contribution in [2.24, 2.45) is 10.8 Å². The van der Waals surface area contributed by atoms with E-state index < -0.39 is 11.6 Å². The van der Waals surface area contributed by atoms with Gasteiger partial charge in [-0.1, -0.05) is 69.2 Å². The maximum Gasteiger partial charge on any atom is 0.146 e. The van der Waals surface area contributed by atoms with Gasteiger partial charge in [-0.2, -0.15) is 0 Å². The number of hydrogen-bond donors (Lipinski definition) is 4. The summed E-state index contributed by atoms with van der Waals surface area (Å²) in [4.78, 5) is 0. The molecule has 0 aliphatic carbocycles. The monoisotopic (exact) mass is 506 g/mol. The summed E-state index contributed by atoms with van der Waals surface area (Å²) in [5.74, 6) is -0.739. The Morgan fingerprint density at radius 2 is 0.833 bits per heavy atom. The zero-order valence-corrected chi connectivity index (χ0v) is 23.9. The fraction of sp³-hybridized carbons (Fsp3) is 0.600. The molecule has 0 radical (unpaired) electrons. The van der Waals surface area contributed by atoms with Gasteiger partial charge in [0.2, 0.25) is 0 Å². The fourth-order valence-electron chi connectivity index (χ4n) is 6.11. The molecular formula is C30H48F2N2O2. The Morgan fingerprint density at radius 3 is 1.03 bits per heavy atom. The van der Waals surface area contributed by atoms with Crippen LogP contribution in [0.15, 0.2) is 24.3 Å². The van der Waals surface area contributed by atoms with Gasteiger partial charge in [0.05, 0.1) is 11.4 Å². The van der Waals surface area contributed by atoms with E-state index in [1.54, 1.807) is 0 Å². The molecule has 0 aliphatic rings. The van der Waals surface area contributed by atoms with Crippen LogP contribution in [0.2, 0.25) is 0 Å². The van der Waals surface area contributed by atoms with Crippen LogP contribution in [0.25, 0.3) is 0 Å². The average molecular weight is 507 g/mol. The fourth-order valence-corrected chi connectivity index (χ4v) is 6.11. The van der Waals surface area contributed by atoms with Gasteiger partial charge in [0.25, 0.3) is 0 Å². The molecule has 0 aromatic heterocycles. The van der Waals surface area contributed by atoms with Crippen molar-refractivity contribution in [2.45, 2.75) is 106 Å². The summed E-state index contributed by atoms with van der Waals surface area (Å²) in [6, 6.07) is 5.42. The zero-order chi connectivity index (χ0) is 28.3. The molecule has 0 saturated carbocycles. The van der Waals surface area contributed by atoms with Crippen molar-refractivity contribution in [2.75, 3.05) is 11.5 Å². The lowest BCUT2D eigenvalue weighted by atomic mass is 9.59. The molecule has 0 aliphatic heterocycles. The maximum atomic E-state index is 13.7. The largest absolute Gasteiger partial charge is 0.508 e. The molecule has 2 rings (SSSR count). The van der Waals surface area contributed by atoms with E-state index in [0.717, 1.165) is 25.7 Å². The van der Waals surface area contributed by atoms with Gasteiger partial charge in [0.15, 0.2) is 0 Å². The van der Waals surface area contributed by atoms with Crippen molar-refractivity contribution in [3.8, 4) is 11.5 Å². The topological polar surface area (TPSA) is 92.5 Å². The number of phenols is 2. The van der Waals surface area contributed by atoms with Crippen LogP contribution in [0.1, 0.15) is 106 Å². The van der Waals surface area contributed by atoms with Crippen LogP contribution < -0.4 is 11.5 Å². The first-order chi connectivity index (χ1) is 16.4. The Kier molecular flexibility index (Phi) is 9.87. The number of halogens is 2. The van der Waals surface area contributed by atoms with E-state index in [2.05, 4.69) is 69.2 Å². The van der Waals surface area contributed by atoms with E-state index in [1.165, 1.54) is 24.3 Å². The minimum Gasteiger partial charge on any atom is -0.508 e. The van der Waals surface area contributed by atoms with Gasteiger partial charge < -0.3 is 21.7 Å². The number of benzene rings is 2. The first-order valence-electron chi connectivity index (χ1n) is 13.0. The molecule has 0 amide bonds. The van der Waals surface area contributed by atoms with Crippen molar-refractivity contribution in [3.05, 3.63) is 47.0 Å². The second-order valence-corrected chi connectivity index (χ2v) is 11.9. The minimum atomic E-state index is -0.460. The summed E-state index contributed by atoms with van der Waals surface area (Å²) in [5, 5.41) is 20.3. The molecule has 204 valence electrons. The van der Waals surface area contributed by atoms with Crippen molar-refractivity contribution in [1.82, 2.24) is 0 Å². The molecule has 0 fully saturated rings. The summed E-state index contributed by atoms with van der Waals surface area (Å²) in [7, 11) is 0. The van der Waals surface area contributed by atoms with Gasteiger partial charge >= 0.3 is 0 Å². The maximum absolute atomic E-state index is 13.7. The van der Waals surface area contributed by atoms with Crippen molar-refractivity contribution in [1.29, 1.82) is 0 Å². The van der Waals surface area contributed by atoms with Crippen LogP contribution in [0.5, 0.6) is 11.5 Å². The van der Waals surface area contributed by atoms with E-state index in [1.807, 2.05) is 0 Å². The Morgan fingerprint density at radius 1 is 0.583 bits per heavy atom. The highest BCUT2D eigenvalue weighted by molar-refractivity contribution is 5.53. The van der Waals surface area contributed by atoms with Gasteiger partial charge in [-0.15, -0.1) is 0 Å². The number of rotatable bonds is 6. The van der Waals surface area contributed by atoms with Crippen LogP contribution >= 0.6 is 0 Å². The highest BCUT2D eigenvalue weighted by Crippen LogP contribution is 2.51. The third-order valence-electron chi connectivity index (χ3n) is 8.55. The van der Waals surface area contributed by atoms with Crippen molar-refractivity contribution in [3.63, 3.8) is 0 Å². The molecular weight excluding hydrogens is 458 g/mol. The molecule has 4 nitrogen and oxygen atoms in total. The SMILES string of the molecule is CCC(CC)(c1cc(F)c(N)cc1O)C(C)(C)C.CCC(CC)(c1cc(F)c(N)cc1O)C(C)(C)C. The summed E-state index contributed by atoms with van der Waals surface area (Å²) in [6.45, 7) is 21.0. The number of hydrogen-bond acceptors (Lipinski definition) is 4. The van der Waals surface area contributed by atoms with Gasteiger partial charge in [-0.25, -0.2) is 8.78 Å². The third-order valence-corrected chi connectivity index (χ3v) is 8.55. The van der Waals surface area contributed by atoms with E-state index in [9.17, 15) is 19.0 Å². The molecule has 6 N–H and O–H groups in total. The number of aromatic hydroxyl groups is 2. The van der Waals surface area contributed by atoms with Crippen LogP contribution in [0.4, 0.5) is 20.2 Å². The molecule has 36 heavy (non-hydrogen) atoms. The summed E-state index contributed by atoms with van der Waals surface area (Å²) < 4.78 is 27.4. The predicted molar refractivity (Wildman–Crippen MR) is 148 cm³/mol. The highest BCUT2D eigenvalue weighted by Gasteiger charge is 2.43. The van der Waals surface area contributed by atoms with Crippen molar-refractivity contribution >= 4 is 11.4 Å². The van der Waals surface area contributed by atoms with E-state index in [-0.39, 0.29) is 44.5 Å². The number of anilines is 2. The Labute approximate surface area is 217 Å². The lowest BCUT2D eigenvalue weighted by molar-refractivity contribution is 0.162. The van der Waals surface area contributed by atoms with E-state index in [0.29, 0.717) is 11.1 Å². The molecule has 0 unspecified atom stereocenters. The summed E-state index contributed by atoms with van der Waals surface area (Å²) in [6.07, 6.45) is 3.35. The lowest BCUT2D eigenvalue weighted by Gasteiger charge is -2.45. The number of nitrogen functional groups attached to an aromatic ring is 2. The zero-order valence-electron chi connectivity index (χ0n) is 23.9. The lowest BCUT2D eigenvalue weighted by Crippen LogP contribution is -2.39. The van der Waals surface area contributed by atoms with Gasteiger partial charge in [0.1, 0.15) is 23.1 Å². The third kappa shape index (κ3) is 5.73. The van der Waals surface area contributed by atoms with E-state index in [4.69, 9.17) is 11.5 Å². The Bertz CT molecular complexity index is 945. The van der Waals surface area contributed by atoms with Crippen LogP contribution in [-0.4, -0.2) is 10.2 Å². The normalized spacial score (nSPS) is 12.8. The molecule has 0 bridgehead atoms. The van der Waals surface area contributed by atoms with Gasteiger partial charge in [0, 0.05) is 34.1 Å². The molecule has 0 spiro atoms. The minimum absolute atomic E-state index is 0.00809. The van der Waals surface area contributed by atoms with E-state index >= 15 is 0 Å². The van der Waals surface area contributed by atoms with Crippen LogP contribution in [0.3, 0.4) is 0 Å². The average Bonchev–Trinajstić information content (AvgIpc) is 2.76. The standard InChI is InChI=1S/2C15H24FNO/c2*1-6-15(7-2,14(3,4)5)10-8-11(16)12(17)9-13(10)18/h2*8-9,18H,6-7,17H2,1-5H3. The van der Waals surface area contributed by atoms with Crippen LogP contribution in [0, 0.1) is 22.5 Å². The molecule has 0 atom stereocenters. The van der Waals surface area contributed by atoms with Gasteiger partial charge in [-0.05, 0) is 48.6 Å². The Hall–Kier alpha value is -2.50. The molecule has 0 saturated heterocycles. The summed E-state index contributed by atoms with van der Waals surface area (Å²) in [5.41, 5.74) is 11.6. The summed E-state index contributed by atoms with van der Waals surface area (Å²) >= 11 is 0. The quantitative estimate of drug-likeness (QED) is 0.296. The smallest absolute Gasteiger partial charge is 0.146 e. The first-order valence-corrected chi connectivity index (χ1v) is 13.0. The molecule has 0 heterocycles. The van der Waals surface area contributed by atoms with Crippen LogP contribution in [-0.2, 0) is 10.8 Å². The molecule has 2 aromatic rings. The number of phenolic OH excluding ortho intramolecular Hbond substituents is 2. The van der Waals surface area contributed by atoms with Crippen molar-refractivity contribution < 1.29 is 19.0 Å². The number of nitrogens with two attached hydrogens (primary N) is 2. The predicted octanol–water partition coefficient (Wildman–Crippen LogP) is 8.43. The highest BCUT2D eigenvalue weighted by atomic mass is 19.1. The molecule has 2 aromatic carbocycles. The first kappa shape index (κ1) is 31.5.